The summed E-state index contributed by atoms with van der Waals surface area (Å²) in [4.78, 5) is 2.51. The predicted molar refractivity (Wildman–Crippen MR) is 82.7 cm³/mol. The first-order valence-electron chi connectivity index (χ1n) is 7.35. The van der Waals surface area contributed by atoms with Crippen LogP contribution in [0.25, 0.3) is 0 Å². The molecule has 0 amide bonds. The lowest BCUT2D eigenvalue weighted by molar-refractivity contribution is 0.202. The van der Waals surface area contributed by atoms with Gasteiger partial charge in [-0.3, -0.25) is 4.90 Å². The molecule has 2 rings (SSSR count). The number of nitrogens with two attached hydrogens (primary N) is 1. The van der Waals surface area contributed by atoms with Crippen molar-refractivity contribution in [1.82, 2.24) is 4.90 Å². The summed E-state index contributed by atoms with van der Waals surface area (Å²) in [7, 11) is 0. The summed E-state index contributed by atoms with van der Waals surface area (Å²) in [6, 6.07) is 8.56. The number of likely N-dealkylation sites (tertiary alicyclic amines) is 1. The Morgan fingerprint density at radius 2 is 2.05 bits per heavy atom. The molecular formula is C17H24N2O. The highest BCUT2D eigenvalue weighted by molar-refractivity contribution is 5.38. The molecule has 0 bridgehead atoms. The Morgan fingerprint density at radius 3 is 2.65 bits per heavy atom. The average molecular weight is 272 g/mol. The minimum absolute atomic E-state index is 0.394. The summed E-state index contributed by atoms with van der Waals surface area (Å²) >= 11 is 0. The summed E-state index contributed by atoms with van der Waals surface area (Å²) in [5.74, 6) is 7.56. The highest BCUT2D eigenvalue weighted by Crippen LogP contribution is 2.21. The molecule has 2 unspecified atom stereocenters. The molecule has 0 radical (unpaired) electrons. The SMILES string of the molecule is CC1CC(C)N(CCOc2ccc(C#CCN)cc2)C1. The first kappa shape index (κ1) is 14.9. The highest BCUT2D eigenvalue weighted by Gasteiger charge is 2.25. The third-order valence-corrected chi connectivity index (χ3v) is 3.75. The molecule has 1 fully saturated rings. The number of ether oxygens (including phenoxy) is 1. The van der Waals surface area contributed by atoms with Gasteiger partial charge in [-0.25, -0.2) is 0 Å². The molecule has 3 heteroatoms. The molecule has 20 heavy (non-hydrogen) atoms. The molecular weight excluding hydrogens is 248 g/mol. The van der Waals surface area contributed by atoms with Crippen molar-refractivity contribution in [2.24, 2.45) is 11.7 Å². The first-order valence-corrected chi connectivity index (χ1v) is 7.35. The Hall–Kier alpha value is -1.50. The third-order valence-electron chi connectivity index (χ3n) is 3.75. The van der Waals surface area contributed by atoms with Gasteiger partial charge in [0.25, 0.3) is 0 Å². The van der Waals surface area contributed by atoms with E-state index in [0.29, 0.717) is 12.6 Å². The minimum atomic E-state index is 0.394. The lowest BCUT2D eigenvalue weighted by Gasteiger charge is -2.20. The fourth-order valence-corrected chi connectivity index (χ4v) is 2.77. The van der Waals surface area contributed by atoms with Crippen molar-refractivity contribution in [3.63, 3.8) is 0 Å². The fraction of sp³-hybridized carbons (Fsp3) is 0.529. The molecule has 3 nitrogen and oxygen atoms in total. The smallest absolute Gasteiger partial charge is 0.119 e. The zero-order valence-corrected chi connectivity index (χ0v) is 12.4. The molecule has 0 saturated carbocycles. The van der Waals surface area contributed by atoms with Crippen LogP contribution >= 0.6 is 0 Å². The Morgan fingerprint density at radius 1 is 1.30 bits per heavy atom. The van der Waals surface area contributed by atoms with E-state index in [0.717, 1.165) is 30.4 Å². The van der Waals surface area contributed by atoms with Crippen molar-refractivity contribution in [1.29, 1.82) is 0 Å². The predicted octanol–water partition coefficient (Wildman–Crippen LogP) is 2.11. The van der Waals surface area contributed by atoms with Crippen molar-refractivity contribution in [3.05, 3.63) is 29.8 Å². The van der Waals surface area contributed by atoms with Gasteiger partial charge in [0, 0.05) is 24.7 Å². The molecule has 1 aliphatic rings. The molecule has 1 heterocycles. The largest absolute Gasteiger partial charge is 0.492 e. The number of rotatable bonds is 4. The van der Waals surface area contributed by atoms with Crippen LogP contribution in [-0.2, 0) is 0 Å². The highest BCUT2D eigenvalue weighted by atomic mass is 16.5. The lowest BCUT2D eigenvalue weighted by Crippen LogP contribution is -2.31. The molecule has 1 saturated heterocycles. The van der Waals surface area contributed by atoms with E-state index in [1.54, 1.807) is 0 Å². The summed E-state index contributed by atoms with van der Waals surface area (Å²) in [5.41, 5.74) is 6.33. The monoisotopic (exact) mass is 272 g/mol. The van der Waals surface area contributed by atoms with Crippen molar-refractivity contribution in [2.75, 3.05) is 26.2 Å². The van der Waals surface area contributed by atoms with Gasteiger partial charge in [-0.1, -0.05) is 18.8 Å². The van der Waals surface area contributed by atoms with E-state index >= 15 is 0 Å². The minimum Gasteiger partial charge on any atom is -0.492 e. The van der Waals surface area contributed by atoms with Crippen LogP contribution < -0.4 is 10.5 Å². The lowest BCUT2D eigenvalue weighted by atomic mass is 10.1. The average Bonchev–Trinajstić information content (AvgIpc) is 2.76. The molecule has 1 aromatic carbocycles. The van der Waals surface area contributed by atoms with E-state index in [1.807, 2.05) is 24.3 Å². The molecule has 1 aromatic rings. The van der Waals surface area contributed by atoms with E-state index < -0.39 is 0 Å². The molecule has 108 valence electrons. The van der Waals surface area contributed by atoms with Gasteiger partial charge in [-0.05, 0) is 43.5 Å². The quantitative estimate of drug-likeness (QED) is 0.853. The maximum absolute atomic E-state index is 5.80. The van der Waals surface area contributed by atoms with Crippen molar-refractivity contribution in [2.45, 2.75) is 26.3 Å². The van der Waals surface area contributed by atoms with E-state index in [4.69, 9.17) is 10.5 Å². The second-order valence-corrected chi connectivity index (χ2v) is 5.56. The van der Waals surface area contributed by atoms with Gasteiger partial charge in [0.1, 0.15) is 12.4 Å². The Labute approximate surface area is 122 Å². The molecule has 2 atom stereocenters. The number of nitrogens with zero attached hydrogens (tertiary/aromatic N) is 1. The second-order valence-electron chi connectivity index (χ2n) is 5.56. The normalized spacial score (nSPS) is 22.4. The molecule has 2 N–H and O–H groups in total. The van der Waals surface area contributed by atoms with Crippen molar-refractivity contribution >= 4 is 0 Å². The fourth-order valence-electron chi connectivity index (χ4n) is 2.77. The van der Waals surface area contributed by atoms with Crippen LogP contribution in [0.3, 0.4) is 0 Å². The van der Waals surface area contributed by atoms with Crippen LogP contribution in [-0.4, -0.2) is 37.2 Å². The summed E-state index contributed by atoms with van der Waals surface area (Å²) in [6.45, 7) is 7.95. The van der Waals surface area contributed by atoms with Crippen LogP contribution in [0.2, 0.25) is 0 Å². The number of hydrogen-bond acceptors (Lipinski definition) is 3. The number of hydrogen-bond donors (Lipinski definition) is 1. The van der Waals surface area contributed by atoms with Gasteiger partial charge in [0.05, 0.1) is 6.54 Å². The first-order chi connectivity index (χ1) is 9.69. The Kier molecular flexibility index (Phi) is 5.46. The summed E-state index contributed by atoms with van der Waals surface area (Å²) < 4.78 is 5.80. The Balaban J connectivity index is 1.77. The maximum Gasteiger partial charge on any atom is 0.119 e. The van der Waals surface area contributed by atoms with Gasteiger partial charge in [-0.15, -0.1) is 0 Å². The molecule has 0 aromatic heterocycles. The van der Waals surface area contributed by atoms with Gasteiger partial charge >= 0.3 is 0 Å². The van der Waals surface area contributed by atoms with Crippen LogP contribution in [0.15, 0.2) is 24.3 Å². The van der Waals surface area contributed by atoms with Gasteiger partial charge in [0.15, 0.2) is 0 Å². The van der Waals surface area contributed by atoms with E-state index in [9.17, 15) is 0 Å². The van der Waals surface area contributed by atoms with E-state index in [2.05, 4.69) is 30.6 Å². The van der Waals surface area contributed by atoms with Crippen molar-refractivity contribution in [3.8, 4) is 17.6 Å². The zero-order chi connectivity index (χ0) is 14.4. The third kappa shape index (κ3) is 4.26. The van der Waals surface area contributed by atoms with Crippen LogP contribution in [0.5, 0.6) is 5.75 Å². The standard InChI is InChI=1S/C17H24N2O/c1-14-12-15(2)19(13-14)10-11-20-17-7-5-16(6-8-17)4-3-9-18/h5-8,14-15H,9-13,18H2,1-2H3. The van der Waals surface area contributed by atoms with Gasteiger partial charge in [-0.2, -0.15) is 0 Å². The number of benzene rings is 1. The van der Waals surface area contributed by atoms with E-state index in [-0.39, 0.29) is 0 Å². The molecule has 0 aliphatic carbocycles. The summed E-state index contributed by atoms with van der Waals surface area (Å²) in [6.07, 6.45) is 1.30. The maximum atomic E-state index is 5.80. The Bertz CT molecular complexity index is 472. The second kappa shape index (κ2) is 7.33. The topological polar surface area (TPSA) is 38.5 Å². The summed E-state index contributed by atoms with van der Waals surface area (Å²) in [5, 5.41) is 0. The zero-order valence-electron chi connectivity index (χ0n) is 12.4. The molecule has 0 spiro atoms. The van der Waals surface area contributed by atoms with Crippen LogP contribution in [0, 0.1) is 17.8 Å². The van der Waals surface area contributed by atoms with Crippen LogP contribution in [0.1, 0.15) is 25.8 Å². The van der Waals surface area contributed by atoms with Gasteiger partial charge < -0.3 is 10.5 Å². The van der Waals surface area contributed by atoms with Crippen molar-refractivity contribution < 1.29 is 4.74 Å². The van der Waals surface area contributed by atoms with E-state index in [1.165, 1.54) is 13.0 Å². The molecule has 1 aliphatic heterocycles. The van der Waals surface area contributed by atoms with Gasteiger partial charge in [0.2, 0.25) is 0 Å². The van der Waals surface area contributed by atoms with Crippen LogP contribution in [0.4, 0.5) is 0 Å².